The van der Waals surface area contributed by atoms with E-state index in [-0.39, 0.29) is 11.7 Å². The first kappa shape index (κ1) is 20.8. The third-order valence-electron chi connectivity index (χ3n) is 4.59. The number of aromatic nitrogens is 1. The fourth-order valence-electron chi connectivity index (χ4n) is 3.31. The second-order valence-corrected chi connectivity index (χ2v) is 9.47. The first-order chi connectivity index (χ1) is 14.4. The van der Waals surface area contributed by atoms with Gasteiger partial charge in [0.05, 0.1) is 21.9 Å². The van der Waals surface area contributed by atoms with Crippen LogP contribution in [-0.2, 0) is 9.53 Å². The van der Waals surface area contributed by atoms with E-state index in [1.807, 2.05) is 35.7 Å². The molecule has 0 aliphatic carbocycles. The molecule has 154 valence electrons. The predicted octanol–water partition coefficient (Wildman–Crippen LogP) is 3.90. The number of thiophene rings is 1. The highest BCUT2D eigenvalue weighted by Crippen LogP contribution is 2.33. The number of hydrogen-bond acceptors (Lipinski definition) is 6. The number of halogens is 1. The normalized spacial score (nSPS) is 16.6. The van der Waals surface area contributed by atoms with Gasteiger partial charge in [-0.3, -0.25) is 9.36 Å². The average molecular weight is 459 g/mol. The summed E-state index contributed by atoms with van der Waals surface area (Å²) in [6.07, 6.45) is 1.50. The number of thiazole rings is 1. The van der Waals surface area contributed by atoms with E-state index in [0.717, 1.165) is 10.4 Å². The Labute approximate surface area is 186 Å². The zero-order valence-electron chi connectivity index (χ0n) is 16.6. The van der Waals surface area contributed by atoms with Crippen LogP contribution in [0.4, 0.5) is 0 Å². The molecule has 2 aromatic heterocycles. The zero-order valence-corrected chi connectivity index (χ0v) is 19.0. The van der Waals surface area contributed by atoms with Crippen LogP contribution in [0.15, 0.2) is 62.8 Å². The van der Waals surface area contributed by atoms with Gasteiger partial charge in [-0.25, -0.2) is 9.79 Å². The van der Waals surface area contributed by atoms with Crippen LogP contribution in [0, 0.1) is 0 Å². The topological polar surface area (TPSA) is 60.7 Å². The molecular formula is C22H19ClN2O3S2. The number of carbonyl (C=O) groups is 1. The molecule has 8 heteroatoms. The van der Waals surface area contributed by atoms with Gasteiger partial charge in [-0.15, -0.1) is 11.3 Å². The van der Waals surface area contributed by atoms with Crippen molar-refractivity contribution in [3.8, 4) is 0 Å². The van der Waals surface area contributed by atoms with Crippen molar-refractivity contribution >= 4 is 46.3 Å². The van der Waals surface area contributed by atoms with Gasteiger partial charge in [0.15, 0.2) is 4.80 Å². The van der Waals surface area contributed by atoms with Crippen molar-refractivity contribution in [3.63, 3.8) is 0 Å². The van der Waals surface area contributed by atoms with Gasteiger partial charge in [-0.1, -0.05) is 47.2 Å². The molecule has 0 amide bonds. The van der Waals surface area contributed by atoms with Gasteiger partial charge in [0.25, 0.3) is 5.56 Å². The van der Waals surface area contributed by atoms with Gasteiger partial charge in [0.1, 0.15) is 6.04 Å². The molecule has 0 saturated heterocycles. The molecule has 3 aromatic rings. The summed E-state index contributed by atoms with van der Waals surface area (Å²) in [5.74, 6) is -0.454. The molecule has 0 N–H and O–H groups in total. The van der Waals surface area contributed by atoms with Gasteiger partial charge in [-0.2, -0.15) is 0 Å². The van der Waals surface area contributed by atoms with Crippen molar-refractivity contribution in [3.05, 3.63) is 88.2 Å². The lowest BCUT2D eigenvalue weighted by atomic mass is 10.0. The Kier molecular flexibility index (Phi) is 5.77. The lowest BCUT2D eigenvalue weighted by Crippen LogP contribution is -2.39. The molecule has 0 bridgehead atoms. The summed E-state index contributed by atoms with van der Waals surface area (Å²) < 4.78 is 7.57. The molecule has 3 heterocycles. The number of rotatable bonds is 4. The maximum absolute atomic E-state index is 13.4. The predicted molar refractivity (Wildman–Crippen MR) is 121 cm³/mol. The number of carbonyl (C=O) groups excluding carboxylic acids is 1. The summed E-state index contributed by atoms with van der Waals surface area (Å²) in [4.78, 5) is 32.3. The van der Waals surface area contributed by atoms with Crippen LogP contribution < -0.4 is 14.9 Å². The number of hydrogen-bond donors (Lipinski definition) is 0. The molecule has 4 rings (SSSR count). The van der Waals surface area contributed by atoms with Gasteiger partial charge in [0.2, 0.25) is 0 Å². The van der Waals surface area contributed by atoms with Crippen molar-refractivity contribution in [1.29, 1.82) is 0 Å². The van der Waals surface area contributed by atoms with E-state index in [1.54, 1.807) is 37.5 Å². The molecule has 0 fully saturated rings. The molecule has 1 aliphatic heterocycles. The molecule has 30 heavy (non-hydrogen) atoms. The van der Waals surface area contributed by atoms with Gasteiger partial charge in [-0.05, 0) is 49.9 Å². The SMILES string of the molecule is CC1=C(C(=O)OC(C)C)C(c2cccs2)n2c(s/c(=C/c3ccccc3Cl)c2=O)=N1. The third-order valence-corrected chi connectivity index (χ3v) is 6.84. The van der Waals surface area contributed by atoms with Gasteiger partial charge < -0.3 is 4.74 Å². The lowest BCUT2D eigenvalue weighted by Gasteiger charge is -2.24. The largest absolute Gasteiger partial charge is 0.459 e. The lowest BCUT2D eigenvalue weighted by molar-refractivity contribution is -0.143. The van der Waals surface area contributed by atoms with Crippen molar-refractivity contribution in [1.82, 2.24) is 4.57 Å². The standard InChI is InChI=1S/C22H19ClN2O3S2/c1-12(2)28-21(27)18-13(3)24-22-25(19(18)16-9-6-10-29-16)20(26)17(30-22)11-14-7-4-5-8-15(14)23/h4-12,19H,1-3H3/b17-11+. The van der Waals surface area contributed by atoms with E-state index in [9.17, 15) is 9.59 Å². The number of nitrogens with zero attached hydrogens (tertiary/aromatic N) is 2. The van der Waals surface area contributed by atoms with Crippen LogP contribution >= 0.6 is 34.3 Å². The molecule has 5 nitrogen and oxygen atoms in total. The number of ether oxygens (including phenoxy) is 1. The Morgan fingerprint density at radius 3 is 2.70 bits per heavy atom. The fraction of sp³-hybridized carbons (Fsp3) is 0.227. The first-order valence-corrected chi connectivity index (χ1v) is 11.5. The van der Waals surface area contributed by atoms with Crippen LogP contribution in [-0.4, -0.2) is 16.6 Å². The van der Waals surface area contributed by atoms with Crippen LogP contribution in [0.2, 0.25) is 5.02 Å². The molecule has 0 saturated carbocycles. The molecule has 1 aromatic carbocycles. The van der Waals surface area contributed by atoms with E-state index < -0.39 is 12.0 Å². The van der Waals surface area contributed by atoms with E-state index in [4.69, 9.17) is 16.3 Å². The van der Waals surface area contributed by atoms with Crippen molar-refractivity contribution in [2.24, 2.45) is 4.99 Å². The number of benzene rings is 1. The Hall–Kier alpha value is -2.48. The number of fused-ring (bicyclic) bond motifs is 1. The Morgan fingerprint density at radius 2 is 2.03 bits per heavy atom. The smallest absolute Gasteiger partial charge is 0.338 e. The summed E-state index contributed by atoms with van der Waals surface area (Å²) in [7, 11) is 0. The summed E-state index contributed by atoms with van der Waals surface area (Å²) in [6.45, 7) is 5.38. The Bertz CT molecular complexity index is 1320. The Morgan fingerprint density at radius 1 is 1.27 bits per heavy atom. The van der Waals surface area contributed by atoms with Crippen LogP contribution in [0.5, 0.6) is 0 Å². The average Bonchev–Trinajstić information content (AvgIpc) is 3.31. The highest BCUT2D eigenvalue weighted by atomic mass is 35.5. The van der Waals surface area contributed by atoms with Crippen molar-refractivity contribution < 1.29 is 9.53 Å². The fourth-order valence-corrected chi connectivity index (χ4v) is 5.36. The molecule has 0 radical (unpaired) electrons. The van der Waals surface area contributed by atoms with Crippen LogP contribution in [0.3, 0.4) is 0 Å². The van der Waals surface area contributed by atoms with Gasteiger partial charge >= 0.3 is 5.97 Å². The first-order valence-electron chi connectivity index (χ1n) is 9.38. The maximum Gasteiger partial charge on any atom is 0.338 e. The minimum absolute atomic E-state index is 0.209. The molecular weight excluding hydrogens is 440 g/mol. The number of esters is 1. The highest BCUT2D eigenvalue weighted by Gasteiger charge is 2.34. The Balaban J connectivity index is 1.94. The van der Waals surface area contributed by atoms with E-state index in [1.165, 1.54) is 22.7 Å². The monoisotopic (exact) mass is 458 g/mol. The number of allylic oxidation sites excluding steroid dienone is 1. The van der Waals surface area contributed by atoms with Crippen molar-refractivity contribution in [2.75, 3.05) is 0 Å². The summed E-state index contributed by atoms with van der Waals surface area (Å²) in [5, 5.41) is 2.49. The molecule has 1 atom stereocenters. The summed E-state index contributed by atoms with van der Waals surface area (Å²) >= 11 is 9.05. The quantitative estimate of drug-likeness (QED) is 0.557. The minimum Gasteiger partial charge on any atom is -0.459 e. The minimum atomic E-state index is -0.569. The zero-order chi connectivity index (χ0) is 21.4. The highest BCUT2D eigenvalue weighted by molar-refractivity contribution is 7.10. The third kappa shape index (κ3) is 3.80. The maximum atomic E-state index is 13.4. The van der Waals surface area contributed by atoms with Crippen molar-refractivity contribution in [2.45, 2.75) is 32.9 Å². The summed E-state index contributed by atoms with van der Waals surface area (Å²) in [6, 6.07) is 10.6. The molecule has 1 unspecified atom stereocenters. The van der Waals surface area contributed by atoms with E-state index in [2.05, 4.69) is 4.99 Å². The molecule has 1 aliphatic rings. The van der Waals surface area contributed by atoms with Crippen LogP contribution in [0.25, 0.3) is 6.08 Å². The van der Waals surface area contributed by atoms with Gasteiger partial charge in [0, 0.05) is 9.90 Å². The molecule has 0 spiro atoms. The second kappa shape index (κ2) is 8.34. The second-order valence-electron chi connectivity index (χ2n) is 7.07. The van der Waals surface area contributed by atoms with E-state index in [0.29, 0.717) is 25.6 Å². The van der Waals surface area contributed by atoms with Crippen LogP contribution in [0.1, 0.15) is 37.3 Å². The summed E-state index contributed by atoms with van der Waals surface area (Å²) in [5.41, 5.74) is 1.50. The van der Waals surface area contributed by atoms with E-state index >= 15 is 0 Å².